The van der Waals surface area contributed by atoms with Crippen LogP contribution in [-0.2, 0) is 4.79 Å². The van der Waals surface area contributed by atoms with Gasteiger partial charge in [-0.1, -0.05) is 13.0 Å². The average Bonchev–Trinajstić information content (AvgIpc) is 2.85. The summed E-state index contributed by atoms with van der Waals surface area (Å²) in [6.07, 6.45) is 5.05. The Morgan fingerprint density at radius 3 is 3.00 bits per heavy atom. The molecule has 0 aliphatic heterocycles. The van der Waals surface area contributed by atoms with E-state index in [-0.39, 0.29) is 0 Å². The molecule has 3 unspecified atom stereocenters. The quantitative estimate of drug-likeness (QED) is 0.545. The summed E-state index contributed by atoms with van der Waals surface area (Å²) < 4.78 is 2.05. The van der Waals surface area contributed by atoms with Crippen LogP contribution in [0.2, 0.25) is 0 Å². The molecule has 5 heteroatoms. The second-order valence-electron chi connectivity index (χ2n) is 5.74. The minimum Gasteiger partial charge on any atom is -0.300 e. The molecule has 106 valence electrons. The van der Waals surface area contributed by atoms with E-state index in [4.69, 9.17) is 0 Å². The van der Waals surface area contributed by atoms with Gasteiger partial charge in [-0.3, -0.25) is 4.79 Å². The van der Waals surface area contributed by atoms with Gasteiger partial charge in [0, 0.05) is 18.2 Å². The maximum Gasteiger partial charge on any atom is 0.133 e. The highest BCUT2D eigenvalue weighted by molar-refractivity contribution is 14.2. The third-order valence-corrected chi connectivity index (χ3v) is 6.36. The van der Waals surface area contributed by atoms with Crippen LogP contribution < -0.4 is 0 Å². The number of nitrogens with zero attached hydrogens (tertiary/aromatic N) is 2. The first-order valence-electron chi connectivity index (χ1n) is 6.97. The molecule has 0 bridgehead atoms. The van der Waals surface area contributed by atoms with E-state index in [1.807, 2.05) is 10.6 Å². The van der Waals surface area contributed by atoms with Crippen molar-refractivity contribution in [3.8, 4) is 0 Å². The van der Waals surface area contributed by atoms with Gasteiger partial charge in [0.15, 0.2) is 0 Å². The number of aromatic nitrogens is 2. The molecule has 1 aliphatic rings. The molecule has 1 aliphatic carbocycles. The second kappa shape index (κ2) is 5.72. The zero-order chi connectivity index (χ0) is 14.3. The molecule has 0 N–H and O–H groups in total. The van der Waals surface area contributed by atoms with E-state index < -0.39 is 0 Å². The van der Waals surface area contributed by atoms with E-state index in [9.17, 15) is 4.79 Å². The third-order valence-electron chi connectivity index (χ3n) is 4.48. The third kappa shape index (κ3) is 2.41. The summed E-state index contributed by atoms with van der Waals surface area (Å²) in [5.74, 6) is 1.34. The number of halogens is 1. The lowest BCUT2D eigenvalue weighted by atomic mass is 9.74. The van der Waals surface area contributed by atoms with Gasteiger partial charge < -0.3 is 0 Å². The summed E-state index contributed by atoms with van der Waals surface area (Å²) in [6.45, 7) is 4.43. The van der Waals surface area contributed by atoms with E-state index in [0.29, 0.717) is 30.4 Å². The Morgan fingerprint density at radius 1 is 1.45 bits per heavy atom. The minimum absolute atomic E-state index is 0.357. The Morgan fingerprint density at radius 2 is 2.25 bits per heavy atom. The van der Waals surface area contributed by atoms with Crippen molar-refractivity contribution in [1.82, 2.24) is 9.55 Å². The highest BCUT2D eigenvalue weighted by Gasteiger charge is 2.30. The van der Waals surface area contributed by atoms with Crippen molar-refractivity contribution in [1.29, 1.82) is 0 Å². The highest BCUT2D eigenvalue weighted by Crippen LogP contribution is 2.41. The number of benzene rings is 1. The lowest BCUT2D eigenvalue weighted by Gasteiger charge is -2.30. The first-order valence-corrected chi connectivity index (χ1v) is 11.0. The normalized spacial score (nSPS) is 24.1. The standard InChI is InChI=1S/C15H18IN2OP/c1-9-3-5-11(19)7-12(9)15-10(2)4-6-14-13(15)8-17-18(14)20-16/h4,6,8-9,12,20H,3,5,7H2,1-2H3. The predicted molar refractivity (Wildman–Crippen MR) is 93.0 cm³/mol. The largest absolute Gasteiger partial charge is 0.300 e. The van der Waals surface area contributed by atoms with Crippen molar-refractivity contribution < 1.29 is 4.79 Å². The lowest BCUT2D eigenvalue weighted by molar-refractivity contribution is -0.121. The van der Waals surface area contributed by atoms with E-state index in [2.05, 4.69) is 53.1 Å². The summed E-state index contributed by atoms with van der Waals surface area (Å²) in [6, 6.07) is 4.33. The van der Waals surface area contributed by atoms with Gasteiger partial charge >= 0.3 is 0 Å². The Balaban J connectivity index is 2.16. The molecule has 1 aromatic carbocycles. The van der Waals surface area contributed by atoms with Crippen molar-refractivity contribution >= 4 is 45.1 Å². The molecule has 3 rings (SSSR count). The van der Waals surface area contributed by atoms with Gasteiger partial charge in [-0.25, -0.2) is 4.45 Å². The molecule has 1 aromatic heterocycles. The number of hydrogen-bond donors (Lipinski definition) is 0. The van der Waals surface area contributed by atoms with Gasteiger partial charge in [-0.15, -0.1) is 0 Å². The van der Waals surface area contributed by atoms with Crippen LogP contribution in [0.5, 0.6) is 0 Å². The molecule has 1 heterocycles. The fourth-order valence-electron chi connectivity index (χ4n) is 3.32. The Kier molecular flexibility index (Phi) is 4.14. The SMILES string of the molecule is Cc1ccc2c(cnn2PI)c1C1CC(=O)CCC1C. The van der Waals surface area contributed by atoms with Gasteiger partial charge in [0.25, 0.3) is 0 Å². The molecule has 3 nitrogen and oxygen atoms in total. The van der Waals surface area contributed by atoms with E-state index in [0.717, 1.165) is 12.8 Å². The van der Waals surface area contributed by atoms with Crippen LogP contribution in [-0.4, -0.2) is 15.3 Å². The molecule has 2 aromatic rings. The summed E-state index contributed by atoms with van der Waals surface area (Å²) in [4.78, 5) is 11.9. The van der Waals surface area contributed by atoms with E-state index >= 15 is 0 Å². The summed E-state index contributed by atoms with van der Waals surface area (Å²) >= 11 is 2.35. The fraction of sp³-hybridized carbons (Fsp3) is 0.467. The molecular formula is C15H18IN2OP. The number of ketones is 1. The van der Waals surface area contributed by atoms with Crippen molar-refractivity contribution in [2.45, 2.75) is 39.0 Å². The molecule has 0 saturated heterocycles. The van der Waals surface area contributed by atoms with E-state index in [1.54, 1.807) is 0 Å². The summed E-state index contributed by atoms with van der Waals surface area (Å²) in [5.41, 5.74) is 3.84. The predicted octanol–water partition coefficient (Wildman–Crippen LogP) is 4.61. The van der Waals surface area contributed by atoms with Crippen LogP contribution >= 0.6 is 28.4 Å². The van der Waals surface area contributed by atoms with Gasteiger partial charge in [0.1, 0.15) is 5.78 Å². The summed E-state index contributed by atoms with van der Waals surface area (Å²) in [7, 11) is 0. The molecule has 20 heavy (non-hydrogen) atoms. The second-order valence-corrected chi connectivity index (χ2v) is 7.78. The van der Waals surface area contributed by atoms with Crippen molar-refractivity contribution in [2.75, 3.05) is 0 Å². The number of fused-ring (bicyclic) bond motifs is 1. The number of rotatable bonds is 2. The maximum atomic E-state index is 11.9. The molecule has 0 radical (unpaired) electrons. The number of Topliss-reactive ketones (excluding diaryl/α,β-unsaturated/α-hetero) is 1. The fourth-order valence-corrected chi connectivity index (χ4v) is 4.86. The van der Waals surface area contributed by atoms with Gasteiger partial charge in [0.05, 0.1) is 18.1 Å². The first-order chi connectivity index (χ1) is 9.61. The van der Waals surface area contributed by atoms with Gasteiger partial charge in [-0.2, -0.15) is 5.10 Å². The summed E-state index contributed by atoms with van der Waals surface area (Å²) in [5, 5.41) is 5.73. The van der Waals surface area contributed by atoms with Crippen LogP contribution in [0.4, 0.5) is 0 Å². The Labute approximate surface area is 133 Å². The van der Waals surface area contributed by atoms with Crippen LogP contribution in [0, 0.1) is 12.8 Å². The van der Waals surface area contributed by atoms with E-state index in [1.165, 1.54) is 22.0 Å². The zero-order valence-electron chi connectivity index (χ0n) is 11.7. The van der Waals surface area contributed by atoms with Gasteiger partial charge in [-0.05, 0) is 64.4 Å². The minimum atomic E-state index is 0.357. The van der Waals surface area contributed by atoms with Crippen molar-refractivity contribution in [2.24, 2.45) is 5.92 Å². The molecule has 3 atom stereocenters. The monoisotopic (exact) mass is 400 g/mol. The smallest absolute Gasteiger partial charge is 0.133 e. The molecular weight excluding hydrogens is 382 g/mol. The maximum absolute atomic E-state index is 11.9. The van der Waals surface area contributed by atoms with Gasteiger partial charge in [0.2, 0.25) is 0 Å². The van der Waals surface area contributed by atoms with Crippen molar-refractivity contribution in [3.63, 3.8) is 0 Å². The topological polar surface area (TPSA) is 34.9 Å². The number of hydrogen-bond acceptors (Lipinski definition) is 2. The Bertz CT molecular complexity index is 667. The molecule has 1 saturated carbocycles. The number of carbonyl (C=O) groups excluding carboxylic acids is 1. The van der Waals surface area contributed by atoms with Crippen molar-refractivity contribution in [3.05, 3.63) is 29.5 Å². The van der Waals surface area contributed by atoms with Crippen LogP contribution in [0.25, 0.3) is 10.9 Å². The number of aryl methyl sites for hydroxylation is 1. The molecule has 0 spiro atoms. The first kappa shape index (κ1) is 14.5. The zero-order valence-corrected chi connectivity index (χ0v) is 14.8. The molecule has 0 amide bonds. The number of carbonyl (C=O) groups is 1. The van der Waals surface area contributed by atoms with Crippen LogP contribution in [0.1, 0.15) is 43.2 Å². The average molecular weight is 400 g/mol. The lowest BCUT2D eigenvalue weighted by Crippen LogP contribution is -2.22. The van der Waals surface area contributed by atoms with Crippen LogP contribution in [0.3, 0.4) is 0 Å². The highest BCUT2D eigenvalue weighted by atomic mass is 127. The molecule has 1 fully saturated rings. The Hall–Kier alpha value is -0.480. The van der Waals surface area contributed by atoms with Crippen LogP contribution in [0.15, 0.2) is 18.3 Å².